The van der Waals surface area contributed by atoms with Crippen LogP contribution in [0.5, 0.6) is 0 Å². The van der Waals surface area contributed by atoms with Gasteiger partial charge in [-0.15, -0.1) is 0 Å². The molecule has 3 heteroatoms. The maximum absolute atomic E-state index is 11.4. The van der Waals surface area contributed by atoms with Crippen LogP contribution in [0.3, 0.4) is 0 Å². The highest BCUT2D eigenvalue weighted by atomic mass is 16.5. The zero-order valence-corrected chi connectivity index (χ0v) is 8.13. The first-order valence-corrected chi connectivity index (χ1v) is 4.39. The molecule has 0 aliphatic heterocycles. The van der Waals surface area contributed by atoms with Gasteiger partial charge in [0, 0.05) is 17.1 Å². The molecule has 1 aromatic heterocycles. The van der Waals surface area contributed by atoms with E-state index in [9.17, 15) is 4.79 Å². The van der Waals surface area contributed by atoms with Gasteiger partial charge < -0.3 is 9.72 Å². The van der Waals surface area contributed by atoms with Crippen molar-refractivity contribution >= 4 is 16.9 Å². The first-order valence-electron chi connectivity index (χ1n) is 4.39. The summed E-state index contributed by atoms with van der Waals surface area (Å²) in [6, 6.07) is 5.58. The summed E-state index contributed by atoms with van der Waals surface area (Å²) in [4.78, 5) is 14.5. The first kappa shape index (κ1) is 8.81. The molecule has 0 unspecified atom stereocenters. The van der Waals surface area contributed by atoms with Crippen molar-refractivity contribution in [2.75, 3.05) is 7.11 Å². The quantitative estimate of drug-likeness (QED) is 0.699. The minimum Gasteiger partial charge on any atom is -0.465 e. The number of methoxy groups -OCH3 is 1. The molecule has 0 saturated carbocycles. The van der Waals surface area contributed by atoms with Gasteiger partial charge >= 0.3 is 5.97 Å². The number of hydrogen-bond acceptors (Lipinski definition) is 2. The topological polar surface area (TPSA) is 42.1 Å². The minimum atomic E-state index is -0.297. The van der Waals surface area contributed by atoms with Crippen LogP contribution in [0, 0.1) is 6.92 Å². The summed E-state index contributed by atoms with van der Waals surface area (Å²) in [5, 5.41) is 0.914. The van der Waals surface area contributed by atoms with Crippen LogP contribution in [-0.4, -0.2) is 18.1 Å². The summed E-state index contributed by atoms with van der Waals surface area (Å²) in [5.41, 5.74) is 2.72. The number of hydrogen-bond donors (Lipinski definition) is 1. The van der Waals surface area contributed by atoms with Crippen molar-refractivity contribution in [2.24, 2.45) is 0 Å². The number of carbonyl (C=O) groups excluding carboxylic acids is 1. The highest BCUT2D eigenvalue weighted by Crippen LogP contribution is 2.21. The van der Waals surface area contributed by atoms with Gasteiger partial charge in [-0.2, -0.15) is 0 Å². The predicted octanol–water partition coefficient (Wildman–Crippen LogP) is 2.26. The molecular formula is C11H11NO2. The number of fused-ring (bicyclic) bond motifs is 1. The summed E-state index contributed by atoms with van der Waals surface area (Å²) >= 11 is 0. The van der Waals surface area contributed by atoms with Gasteiger partial charge in [-0.05, 0) is 24.6 Å². The van der Waals surface area contributed by atoms with Crippen LogP contribution in [0.4, 0.5) is 0 Å². The molecule has 0 fully saturated rings. The van der Waals surface area contributed by atoms with Crippen LogP contribution in [-0.2, 0) is 4.74 Å². The highest BCUT2D eigenvalue weighted by molar-refractivity contribution is 6.04. The predicted molar refractivity (Wildman–Crippen MR) is 54.4 cm³/mol. The van der Waals surface area contributed by atoms with E-state index in [-0.39, 0.29) is 5.97 Å². The average Bonchev–Trinajstić information content (AvgIpc) is 2.67. The Balaban J connectivity index is 2.72. The second kappa shape index (κ2) is 3.18. The Morgan fingerprint density at radius 3 is 2.86 bits per heavy atom. The van der Waals surface area contributed by atoms with Crippen LogP contribution < -0.4 is 0 Å². The van der Waals surface area contributed by atoms with Gasteiger partial charge in [-0.25, -0.2) is 4.79 Å². The van der Waals surface area contributed by atoms with Crippen LogP contribution >= 0.6 is 0 Å². The maximum Gasteiger partial charge on any atom is 0.338 e. The fraction of sp³-hybridized carbons (Fsp3) is 0.182. The number of rotatable bonds is 1. The van der Waals surface area contributed by atoms with Crippen molar-refractivity contribution in [3.8, 4) is 0 Å². The smallest absolute Gasteiger partial charge is 0.338 e. The Bertz CT molecular complexity index is 485. The number of aromatic amines is 1. The standard InChI is InChI=1S/C11H11NO2/c1-7-3-4-9(11(13)14-2)8-5-6-12-10(7)8/h3-6,12H,1-2H3. The van der Waals surface area contributed by atoms with Crippen molar-refractivity contribution in [1.29, 1.82) is 0 Å². The molecule has 0 saturated heterocycles. The molecule has 14 heavy (non-hydrogen) atoms. The summed E-state index contributed by atoms with van der Waals surface area (Å²) < 4.78 is 4.70. The molecule has 0 spiro atoms. The zero-order chi connectivity index (χ0) is 10.1. The molecule has 1 aromatic carbocycles. The van der Waals surface area contributed by atoms with Crippen LogP contribution in [0.25, 0.3) is 10.9 Å². The number of aromatic nitrogens is 1. The molecule has 2 aromatic rings. The molecule has 72 valence electrons. The Hall–Kier alpha value is -1.77. The number of carbonyl (C=O) groups is 1. The average molecular weight is 189 g/mol. The molecule has 0 bridgehead atoms. The molecule has 0 aliphatic carbocycles. The second-order valence-corrected chi connectivity index (χ2v) is 3.19. The van der Waals surface area contributed by atoms with Gasteiger partial charge in [0.2, 0.25) is 0 Å². The third-order valence-electron chi connectivity index (χ3n) is 2.34. The molecule has 3 nitrogen and oxygen atoms in total. The highest BCUT2D eigenvalue weighted by Gasteiger charge is 2.11. The normalized spacial score (nSPS) is 10.4. The van der Waals surface area contributed by atoms with Gasteiger partial charge in [0.15, 0.2) is 0 Å². The molecule has 2 rings (SSSR count). The lowest BCUT2D eigenvalue weighted by Crippen LogP contribution is -2.01. The lowest BCUT2D eigenvalue weighted by atomic mass is 10.1. The van der Waals surface area contributed by atoms with E-state index < -0.39 is 0 Å². The number of esters is 1. The van der Waals surface area contributed by atoms with Crippen molar-refractivity contribution in [3.05, 3.63) is 35.5 Å². The van der Waals surface area contributed by atoms with Crippen LogP contribution in [0.2, 0.25) is 0 Å². The van der Waals surface area contributed by atoms with E-state index in [2.05, 4.69) is 4.98 Å². The van der Waals surface area contributed by atoms with Crippen molar-refractivity contribution in [1.82, 2.24) is 4.98 Å². The van der Waals surface area contributed by atoms with Gasteiger partial charge in [0.25, 0.3) is 0 Å². The monoisotopic (exact) mass is 189 g/mol. The minimum absolute atomic E-state index is 0.297. The third-order valence-corrected chi connectivity index (χ3v) is 2.34. The molecule has 1 heterocycles. The second-order valence-electron chi connectivity index (χ2n) is 3.19. The number of ether oxygens (including phenoxy) is 1. The SMILES string of the molecule is COC(=O)c1ccc(C)c2[nH]ccc12. The van der Waals surface area contributed by atoms with E-state index >= 15 is 0 Å². The van der Waals surface area contributed by atoms with E-state index in [1.165, 1.54) is 7.11 Å². The molecule has 0 radical (unpaired) electrons. The van der Waals surface area contributed by atoms with E-state index in [4.69, 9.17) is 4.74 Å². The number of nitrogens with one attached hydrogen (secondary N) is 1. The zero-order valence-electron chi connectivity index (χ0n) is 8.13. The first-order chi connectivity index (χ1) is 6.74. The Morgan fingerprint density at radius 1 is 1.36 bits per heavy atom. The third kappa shape index (κ3) is 1.18. The van der Waals surface area contributed by atoms with E-state index in [1.807, 2.05) is 25.3 Å². The van der Waals surface area contributed by atoms with Crippen LogP contribution in [0.1, 0.15) is 15.9 Å². The lowest BCUT2D eigenvalue weighted by Gasteiger charge is -2.02. The van der Waals surface area contributed by atoms with Crippen molar-refractivity contribution in [3.63, 3.8) is 0 Å². The Labute approximate surface area is 81.7 Å². The Morgan fingerprint density at radius 2 is 2.14 bits per heavy atom. The van der Waals surface area contributed by atoms with Gasteiger partial charge in [-0.3, -0.25) is 0 Å². The fourth-order valence-electron chi connectivity index (χ4n) is 1.59. The van der Waals surface area contributed by atoms with Crippen molar-refractivity contribution in [2.45, 2.75) is 6.92 Å². The van der Waals surface area contributed by atoms with E-state index in [1.54, 1.807) is 6.07 Å². The van der Waals surface area contributed by atoms with Crippen LogP contribution in [0.15, 0.2) is 24.4 Å². The number of H-pyrrole nitrogens is 1. The van der Waals surface area contributed by atoms with Crippen molar-refractivity contribution < 1.29 is 9.53 Å². The maximum atomic E-state index is 11.4. The largest absolute Gasteiger partial charge is 0.465 e. The van der Waals surface area contributed by atoms with Gasteiger partial charge in [0.05, 0.1) is 12.7 Å². The Kier molecular flexibility index (Phi) is 2.00. The van der Waals surface area contributed by atoms with E-state index in [0.717, 1.165) is 16.5 Å². The summed E-state index contributed by atoms with van der Waals surface area (Å²) in [5.74, 6) is -0.297. The van der Waals surface area contributed by atoms with E-state index in [0.29, 0.717) is 5.56 Å². The van der Waals surface area contributed by atoms with Gasteiger partial charge in [-0.1, -0.05) is 6.07 Å². The molecule has 0 aliphatic rings. The number of aryl methyl sites for hydroxylation is 1. The summed E-state index contributed by atoms with van der Waals surface area (Å²) in [7, 11) is 1.39. The molecule has 0 atom stereocenters. The fourth-order valence-corrected chi connectivity index (χ4v) is 1.59. The summed E-state index contributed by atoms with van der Waals surface area (Å²) in [6.07, 6.45) is 1.82. The molecular weight excluding hydrogens is 178 g/mol. The summed E-state index contributed by atoms with van der Waals surface area (Å²) in [6.45, 7) is 2.00. The van der Waals surface area contributed by atoms with Gasteiger partial charge in [0.1, 0.15) is 0 Å². The lowest BCUT2D eigenvalue weighted by molar-refractivity contribution is 0.0603. The number of benzene rings is 1. The molecule has 1 N–H and O–H groups in total. The molecule has 0 amide bonds.